The highest BCUT2D eigenvalue weighted by Crippen LogP contribution is 2.29. The number of amides is 2. The van der Waals surface area contributed by atoms with Gasteiger partial charge in [-0.1, -0.05) is 19.1 Å². The number of aromatic nitrogens is 1. The van der Waals surface area contributed by atoms with E-state index in [1.807, 2.05) is 6.92 Å². The summed E-state index contributed by atoms with van der Waals surface area (Å²) in [7, 11) is 0. The first-order valence-electron chi connectivity index (χ1n) is 10.2. The number of pyridine rings is 1. The Morgan fingerprint density at radius 2 is 1.71 bits per heavy atom. The molecule has 3 aromatic rings. The third-order valence-corrected chi connectivity index (χ3v) is 6.05. The van der Waals surface area contributed by atoms with Crippen molar-refractivity contribution in [1.29, 1.82) is 0 Å². The molecule has 0 fully saturated rings. The number of rotatable bonds is 9. The molecular weight excluding hydrogens is 458 g/mol. The molecule has 2 aromatic carbocycles. The number of carboxylic acid groups (broad SMARTS) is 2. The van der Waals surface area contributed by atoms with Gasteiger partial charge >= 0.3 is 11.9 Å². The molecule has 0 bridgehead atoms. The Morgan fingerprint density at radius 1 is 0.912 bits per heavy atom. The Balaban J connectivity index is 1.74. The predicted octanol–water partition coefficient (Wildman–Crippen LogP) is 4.24. The van der Waals surface area contributed by atoms with Gasteiger partial charge in [0.25, 0.3) is 5.91 Å². The summed E-state index contributed by atoms with van der Waals surface area (Å²) < 4.78 is 0. The summed E-state index contributed by atoms with van der Waals surface area (Å²) in [6, 6.07) is 15.3. The monoisotopic (exact) mass is 479 g/mol. The van der Waals surface area contributed by atoms with E-state index in [-0.39, 0.29) is 17.0 Å². The first-order chi connectivity index (χ1) is 16.3. The first kappa shape index (κ1) is 24.5. The van der Waals surface area contributed by atoms with E-state index in [1.54, 1.807) is 48.7 Å². The maximum atomic E-state index is 12.7. The molecule has 0 aliphatic rings. The Kier molecular flexibility index (Phi) is 7.99. The molecular formula is C24H21N3O6S. The van der Waals surface area contributed by atoms with Crippen LogP contribution in [0.4, 0.5) is 11.5 Å². The third kappa shape index (κ3) is 6.20. The Bertz CT molecular complexity index is 1230. The number of hydrogen-bond acceptors (Lipinski definition) is 6. The zero-order valence-corrected chi connectivity index (χ0v) is 18.8. The highest BCUT2D eigenvalue weighted by atomic mass is 32.2. The van der Waals surface area contributed by atoms with Crippen LogP contribution < -0.4 is 10.6 Å². The lowest BCUT2D eigenvalue weighted by Crippen LogP contribution is -2.25. The molecule has 174 valence electrons. The Hall–Kier alpha value is -4.18. The summed E-state index contributed by atoms with van der Waals surface area (Å²) in [6.07, 6.45) is 2.14. The molecule has 10 heteroatoms. The molecule has 0 radical (unpaired) electrons. The first-order valence-corrected chi connectivity index (χ1v) is 11.1. The maximum Gasteiger partial charge on any atom is 0.336 e. The number of hydrogen-bond donors (Lipinski definition) is 4. The van der Waals surface area contributed by atoms with Gasteiger partial charge in [0.2, 0.25) is 5.91 Å². The van der Waals surface area contributed by atoms with Crippen LogP contribution in [0.2, 0.25) is 0 Å². The molecule has 3 rings (SSSR count). The summed E-state index contributed by atoms with van der Waals surface area (Å²) in [5.41, 5.74) is -0.424. The largest absolute Gasteiger partial charge is 0.478 e. The number of nitrogens with one attached hydrogen (secondary N) is 2. The Morgan fingerprint density at radius 3 is 2.35 bits per heavy atom. The number of carbonyl (C=O) groups excluding carboxylic acids is 2. The summed E-state index contributed by atoms with van der Waals surface area (Å²) in [6.45, 7) is 1.88. The molecule has 1 unspecified atom stereocenters. The van der Waals surface area contributed by atoms with Gasteiger partial charge in [0, 0.05) is 16.8 Å². The molecule has 0 saturated carbocycles. The zero-order chi connectivity index (χ0) is 24.7. The van der Waals surface area contributed by atoms with Gasteiger partial charge in [-0.15, -0.1) is 11.8 Å². The minimum Gasteiger partial charge on any atom is -0.478 e. The van der Waals surface area contributed by atoms with Crippen molar-refractivity contribution in [3.8, 4) is 0 Å². The van der Waals surface area contributed by atoms with E-state index in [4.69, 9.17) is 5.11 Å². The van der Waals surface area contributed by atoms with Gasteiger partial charge < -0.3 is 20.8 Å². The SMILES string of the molecule is CCC(Sc1cccc(NC(=O)c2ccc(C(=O)O)cc2C(=O)O)c1)C(=O)Nc1ccccn1. The summed E-state index contributed by atoms with van der Waals surface area (Å²) in [5, 5.41) is 23.5. The van der Waals surface area contributed by atoms with E-state index in [0.29, 0.717) is 17.9 Å². The van der Waals surface area contributed by atoms with E-state index >= 15 is 0 Å². The number of carboxylic acids is 2. The van der Waals surface area contributed by atoms with Crippen molar-refractivity contribution in [1.82, 2.24) is 4.98 Å². The van der Waals surface area contributed by atoms with Crippen molar-refractivity contribution in [2.75, 3.05) is 10.6 Å². The second kappa shape index (κ2) is 11.1. The zero-order valence-electron chi connectivity index (χ0n) is 18.0. The van der Waals surface area contributed by atoms with Crippen LogP contribution in [0.25, 0.3) is 0 Å². The topological polar surface area (TPSA) is 146 Å². The van der Waals surface area contributed by atoms with Gasteiger partial charge in [-0.3, -0.25) is 9.59 Å². The maximum absolute atomic E-state index is 12.7. The standard InChI is InChI=1S/C24H21N3O6S/c1-2-19(22(29)27-20-8-3-4-11-25-20)34-16-7-5-6-15(13-16)26-21(28)17-10-9-14(23(30)31)12-18(17)24(32)33/h3-13,19H,2H2,1H3,(H,26,28)(H,30,31)(H,32,33)(H,25,27,29). The molecule has 0 aliphatic carbocycles. The normalized spacial score (nSPS) is 11.3. The average molecular weight is 480 g/mol. The fraction of sp³-hybridized carbons (Fsp3) is 0.125. The molecule has 1 atom stereocenters. The summed E-state index contributed by atoms with van der Waals surface area (Å²) in [4.78, 5) is 52.8. The van der Waals surface area contributed by atoms with Crippen LogP contribution in [0.15, 0.2) is 71.8 Å². The highest BCUT2D eigenvalue weighted by molar-refractivity contribution is 8.00. The van der Waals surface area contributed by atoms with Gasteiger partial charge in [0.05, 0.1) is 21.9 Å². The van der Waals surface area contributed by atoms with Gasteiger partial charge in [0.15, 0.2) is 0 Å². The number of aromatic carboxylic acids is 2. The second-order valence-corrected chi connectivity index (χ2v) is 8.35. The molecule has 4 N–H and O–H groups in total. The molecule has 0 aliphatic heterocycles. The van der Waals surface area contributed by atoms with Crippen molar-refractivity contribution in [2.45, 2.75) is 23.5 Å². The molecule has 0 saturated heterocycles. The fourth-order valence-corrected chi connectivity index (χ4v) is 4.04. The summed E-state index contributed by atoms with van der Waals surface area (Å²) >= 11 is 1.32. The molecule has 9 nitrogen and oxygen atoms in total. The van der Waals surface area contributed by atoms with Crippen LogP contribution >= 0.6 is 11.8 Å². The van der Waals surface area contributed by atoms with Gasteiger partial charge in [-0.25, -0.2) is 14.6 Å². The smallest absolute Gasteiger partial charge is 0.336 e. The predicted molar refractivity (Wildman–Crippen MR) is 128 cm³/mol. The molecule has 2 amide bonds. The van der Waals surface area contributed by atoms with Crippen molar-refractivity contribution in [2.24, 2.45) is 0 Å². The van der Waals surface area contributed by atoms with E-state index in [2.05, 4.69) is 15.6 Å². The van der Waals surface area contributed by atoms with Gasteiger partial charge in [0.1, 0.15) is 5.82 Å². The van der Waals surface area contributed by atoms with E-state index in [0.717, 1.165) is 17.0 Å². The van der Waals surface area contributed by atoms with E-state index in [9.17, 15) is 24.3 Å². The average Bonchev–Trinajstić information content (AvgIpc) is 2.82. The van der Waals surface area contributed by atoms with Crippen LogP contribution in [0.3, 0.4) is 0 Å². The number of benzene rings is 2. The number of nitrogens with zero attached hydrogens (tertiary/aromatic N) is 1. The van der Waals surface area contributed by atoms with E-state index < -0.39 is 28.7 Å². The highest BCUT2D eigenvalue weighted by Gasteiger charge is 2.21. The molecule has 1 heterocycles. The molecule has 1 aromatic heterocycles. The lowest BCUT2D eigenvalue weighted by molar-refractivity contribution is -0.115. The number of carbonyl (C=O) groups is 4. The quantitative estimate of drug-likeness (QED) is 0.333. The van der Waals surface area contributed by atoms with Crippen LogP contribution in [-0.2, 0) is 4.79 Å². The van der Waals surface area contributed by atoms with E-state index in [1.165, 1.54) is 17.8 Å². The Labute approximate surface area is 199 Å². The summed E-state index contributed by atoms with van der Waals surface area (Å²) in [5.74, 6) is -3.16. The van der Waals surface area contributed by atoms with Crippen LogP contribution in [0.5, 0.6) is 0 Å². The number of anilines is 2. The van der Waals surface area contributed by atoms with Crippen molar-refractivity contribution >= 4 is 47.0 Å². The van der Waals surface area contributed by atoms with Crippen LogP contribution in [0.1, 0.15) is 44.4 Å². The second-order valence-electron chi connectivity index (χ2n) is 7.07. The van der Waals surface area contributed by atoms with Crippen molar-refractivity contribution < 1.29 is 29.4 Å². The molecule has 34 heavy (non-hydrogen) atoms. The van der Waals surface area contributed by atoms with Crippen LogP contribution in [-0.4, -0.2) is 44.2 Å². The number of thioether (sulfide) groups is 1. The van der Waals surface area contributed by atoms with Gasteiger partial charge in [-0.2, -0.15) is 0 Å². The van der Waals surface area contributed by atoms with Gasteiger partial charge in [-0.05, 0) is 55.0 Å². The minimum absolute atomic E-state index is 0.170. The fourth-order valence-electron chi connectivity index (χ4n) is 3.03. The third-order valence-electron chi connectivity index (χ3n) is 4.69. The minimum atomic E-state index is -1.41. The van der Waals surface area contributed by atoms with Crippen LogP contribution in [0, 0.1) is 0 Å². The van der Waals surface area contributed by atoms with Crippen molar-refractivity contribution in [3.63, 3.8) is 0 Å². The molecule has 0 spiro atoms. The lowest BCUT2D eigenvalue weighted by Gasteiger charge is -2.15. The van der Waals surface area contributed by atoms with Crippen molar-refractivity contribution in [3.05, 3.63) is 83.6 Å². The lowest BCUT2D eigenvalue weighted by atomic mass is 10.0.